The molecule has 7 aromatic carbocycles. The molecule has 0 radical (unpaired) electrons. The van der Waals surface area contributed by atoms with E-state index in [1.807, 2.05) is 0 Å². The zero-order chi connectivity index (χ0) is 35.6. The standard InChI is InChI=1S/C50H47N/c1-49(2,3)42-33-41(34-43(35-42)50(4,5)6)48-20-14-13-19-47(48)40-25-31-46(32-26-40)51(44-27-21-38(22-28-44)36-15-9-7-10-16-36)45-29-23-39(24-30-45)37-17-11-8-12-18-37/h7-35H,1-6H3. The van der Waals surface area contributed by atoms with Crippen molar-refractivity contribution >= 4 is 17.1 Å². The molecular weight excluding hydrogens is 615 g/mol. The Labute approximate surface area is 304 Å². The second-order valence-corrected chi connectivity index (χ2v) is 15.6. The van der Waals surface area contributed by atoms with E-state index in [0.717, 1.165) is 17.1 Å². The van der Waals surface area contributed by atoms with Gasteiger partial charge in [0.15, 0.2) is 0 Å². The fourth-order valence-corrected chi connectivity index (χ4v) is 6.74. The summed E-state index contributed by atoms with van der Waals surface area (Å²) < 4.78 is 0. The SMILES string of the molecule is CC(C)(C)c1cc(-c2ccccc2-c2ccc(N(c3ccc(-c4ccccc4)cc3)c3ccc(-c4ccccc4)cc3)cc2)cc(C(C)(C)C)c1. The van der Waals surface area contributed by atoms with Crippen LogP contribution < -0.4 is 4.90 Å². The van der Waals surface area contributed by atoms with Gasteiger partial charge in [0.2, 0.25) is 0 Å². The van der Waals surface area contributed by atoms with Gasteiger partial charge in [-0.2, -0.15) is 0 Å². The van der Waals surface area contributed by atoms with E-state index in [2.05, 4.69) is 222 Å². The van der Waals surface area contributed by atoms with Crippen molar-refractivity contribution < 1.29 is 0 Å². The molecule has 0 aromatic heterocycles. The molecule has 0 aliphatic rings. The van der Waals surface area contributed by atoms with Gasteiger partial charge in [0, 0.05) is 17.1 Å². The van der Waals surface area contributed by atoms with Crippen LogP contribution in [0.2, 0.25) is 0 Å². The minimum Gasteiger partial charge on any atom is -0.311 e. The van der Waals surface area contributed by atoms with Crippen LogP contribution in [0, 0.1) is 0 Å². The largest absolute Gasteiger partial charge is 0.311 e. The molecule has 7 aromatic rings. The highest BCUT2D eigenvalue weighted by atomic mass is 15.1. The molecule has 0 fully saturated rings. The van der Waals surface area contributed by atoms with Gasteiger partial charge < -0.3 is 4.90 Å². The van der Waals surface area contributed by atoms with Crippen LogP contribution in [0.1, 0.15) is 52.7 Å². The maximum absolute atomic E-state index is 2.40. The first-order valence-corrected chi connectivity index (χ1v) is 18.0. The van der Waals surface area contributed by atoms with E-state index >= 15 is 0 Å². The molecular formula is C50H47N. The summed E-state index contributed by atoms with van der Waals surface area (Å²) >= 11 is 0. The van der Waals surface area contributed by atoms with Gasteiger partial charge in [0.25, 0.3) is 0 Å². The van der Waals surface area contributed by atoms with Crippen molar-refractivity contribution in [3.05, 3.63) is 187 Å². The van der Waals surface area contributed by atoms with Crippen LogP contribution in [-0.2, 0) is 10.8 Å². The molecule has 7 rings (SSSR count). The predicted octanol–water partition coefficient (Wildman–Crippen LogP) is 14.4. The van der Waals surface area contributed by atoms with Gasteiger partial charge in [-0.1, -0.05) is 181 Å². The van der Waals surface area contributed by atoms with Crippen molar-refractivity contribution in [1.82, 2.24) is 0 Å². The summed E-state index contributed by atoms with van der Waals surface area (Å²) in [5.74, 6) is 0. The highest BCUT2D eigenvalue weighted by Crippen LogP contribution is 2.41. The normalized spacial score (nSPS) is 11.7. The summed E-state index contributed by atoms with van der Waals surface area (Å²) in [5, 5.41) is 0. The predicted molar refractivity (Wildman–Crippen MR) is 220 cm³/mol. The number of nitrogens with zero attached hydrogens (tertiary/aromatic N) is 1. The Morgan fingerprint density at radius 3 is 0.980 bits per heavy atom. The van der Waals surface area contributed by atoms with Crippen molar-refractivity contribution in [3.8, 4) is 44.5 Å². The number of anilines is 3. The van der Waals surface area contributed by atoms with E-state index in [4.69, 9.17) is 0 Å². The van der Waals surface area contributed by atoms with Crippen molar-refractivity contribution in [2.45, 2.75) is 52.4 Å². The minimum absolute atomic E-state index is 0.0503. The lowest BCUT2D eigenvalue weighted by molar-refractivity contribution is 0.569. The first-order chi connectivity index (χ1) is 24.5. The van der Waals surface area contributed by atoms with Crippen LogP contribution in [0.3, 0.4) is 0 Å². The Kier molecular flexibility index (Phi) is 9.23. The first-order valence-electron chi connectivity index (χ1n) is 18.0. The van der Waals surface area contributed by atoms with E-state index < -0.39 is 0 Å². The first kappa shape index (κ1) is 33.8. The fourth-order valence-electron chi connectivity index (χ4n) is 6.74. The number of benzene rings is 7. The van der Waals surface area contributed by atoms with Crippen molar-refractivity contribution in [2.75, 3.05) is 4.90 Å². The Hall–Kier alpha value is -5.66. The molecule has 0 spiro atoms. The average Bonchev–Trinajstić information content (AvgIpc) is 3.16. The van der Waals surface area contributed by atoms with Crippen LogP contribution in [0.5, 0.6) is 0 Å². The summed E-state index contributed by atoms with van der Waals surface area (Å²) in [5.41, 5.74) is 16.0. The van der Waals surface area contributed by atoms with Gasteiger partial charge in [0.1, 0.15) is 0 Å². The van der Waals surface area contributed by atoms with E-state index in [-0.39, 0.29) is 10.8 Å². The third kappa shape index (κ3) is 7.44. The highest BCUT2D eigenvalue weighted by molar-refractivity contribution is 5.86. The zero-order valence-electron chi connectivity index (χ0n) is 30.7. The van der Waals surface area contributed by atoms with Gasteiger partial charge in [-0.15, -0.1) is 0 Å². The highest BCUT2D eigenvalue weighted by Gasteiger charge is 2.22. The molecule has 252 valence electrons. The lowest BCUT2D eigenvalue weighted by atomic mass is 9.78. The third-order valence-electron chi connectivity index (χ3n) is 9.80. The van der Waals surface area contributed by atoms with Crippen LogP contribution in [-0.4, -0.2) is 0 Å². The van der Waals surface area contributed by atoms with Crippen LogP contribution in [0.25, 0.3) is 44.5 Å². The number of hydrogen-bond acceptors (Lipinski definition) is 1. The van der Waals surface area contributed by atoms with Gasteiger partial charge >= 0.3 is 0 Å². The van der Waals surface area contributed by atoms with Crippen LogP contribution >= 0.6 is 0 Å². The lowest BCUT2D eigenvalue weighted by Gasteiger charge is -2.27. The molecule has 0 aliphatic heterocycles. The fraction of sp³-hybridized carbons (Fsp3) is 0.160. The molecule has 0 bridgehead atoms. The Morgan fingerprint density at radius 1 is 0.294 bits per heavy atom. The van der Waals surface area contributed by atoms with Gasteiger partial charge in [-0.3, -0.25) is 0 Å². The second-order valence-electron chi connectivity index (χ2n) is 15.6. The van der Waals surface area contributed by atoms with Gasteiger partial charge in [0.05, 0.1) is 0 Å². The Balaban J connectivity index is 1.29. The van der Waals surface area contributed by atoms with Crippen LogP contribution in [0.4, 0.5) is 17.1 Å². The summed E-state index contributed by atoms with van der Waals surface area (Å²) in [6.45, 7) is 13.8. The molecule has 0 saturated heterocycles. The number of hydrogen-bond donors (Lipinski definition) is 0. The maximum atomic E-state index is 2.40. The molecule has 0 atom stereocenters. The molecule has 0 saturated carbocycles. The lowest BCUT2D eigenvalue weighted by Crippen LogP contribution is -2.16. The molecule has 0 aliphatic carbocycles. The summed E-state index contributed by atoms with van der Waals surface area (Å²) in [6, 6.07) is 64.0. The Morgan fingerprint density at radius 2 is 0.608 bits per heavy atom. The molecule has 1 nitrogen and oxygen atoms in total. The van der Waals surface area contributed by atoms with Gasteiger partial charge in [-0.05, 0) is 103 Å². The Bertz CT molecular complexity index is 2100. The van der Waals surface area contributed by atoms with Crippen molar-refractivity contribution in [2.24, 2.45) is 0 Å². The second kappa shape index (κ2) is 13.9. The molecule has 0 unspecified atom stereocenters. The maximum Gasteiger partial charge on any atom is 0.0462 e. The topological polar surface area (TPSA) is 3.24 Å². The van der Waals surface area contributed by atoms with Crippen LogP contribution in [0.15, 0.2) is 176 Å². The van der Waals surface area contributed by atoms with E-state index in [1.54, 1.807) is 0 Å². The minimum atomic E-state index is 0.0503. The number of rotatable bonds is 7. The van der Waals surface area contributed by atoms with E-state index in [9.17, 15) is 0 Å². The summed E-state index contributed by atoms with van der Waals surface area (Å²) in [4.78, 5) is 2.35. The smallest absolute Gasteiger partial charge is 0.0462 e. The molecule has 0 N–H and O–H groups in total. The van der Waals surface area contributed by atoms with Gasteiger partial charge in [-0.25, -0.2) is 0 Å². The molecule has 1 heteroatoms. The van der Waals surface area contributed by atoms with Crippen molar-refractivity contribution in [1.29, 1.82) is 0 Å². The summed E-state index contributed by atoms with van der Waals surface area (Å²) in [7, 11) is 0. The monoisotopic (exact) mass is 661 g/mol. The zero-order valence-corrected chi connectivity index (χ0v) is 30.7. The quantitative estimate of drug-likeness (QED) is 0.164. The van der Waals surface area contributed by atoms with E-state index in [0.29, 0.717) is 0 Å². The van der Waals surface area contributed by atoms with Crippen molar-refractivity contribution in [3.63, 3.8) is 0 Å². The van der Waals surface area contributed by atoms with E-state index in [1.165, 1.54) is 55.6 Å². The molecule has 0 amide bonds. The average molecular weight is 662 g/mol. The summed E-state index contributed by atoms with van der Waals surface area (Å²) in [6.07, 6.45) is 0. The third-order valence-corrected chi connectivity index (χ3v) is 9.80. The molecule has 0 heterocycles. The molecule has 51 heavy (non-hydrogen) atoms.